The van der Waals surface area contributed by atoms with E-state index in [0.717, 1.165) is 39.5 Å². The first kappa shape index (κ1) is 20.1. The molecular formula is C23H22N2O4S. The molecule has 0 saturated carbocycles. The molecule has 0 bridgehead atoms. The topological polar surface area (TPSA) is 73.1 Å². The standard InChI is InChI=1S/C23H22N2O4S/c1-2-28-11-10-25-22(26)21(30-23(25)27)12-17-14-24-20-9-8-18(13-19(17)20)29-15-16-6-4-3-5-7-16/h3-9,12-14,26H,2,10-11,15H2,1H3. The average molecular weight is 423 g/mol. The van der Waals surface area contributed by atoms with Gasteiger partial charge in [-0.15, -0.1) is 0 Å². The van der Waals surface area contributed by atoms with Crippen molar-refractivity contribution in [3.05, 3.63) is 74.2 Å². The second-order valence-corrected chi connectivity index (χ2v) is 7.71. The molecule has 0 fully saturated rings. The number of rotatable bonds is 8. The minimum absolute atomic E-state index is 0.0458. The maximum Gasteiger partial charge on any atom is 0.310 e. The molecular weight excluding hydrogens is 400 g/mol. The Bertz CT molecular complexity index is 1150. The lowest BCUT2D eigenvalue weighted by Gasteiger charge is -2.08. The van der Waals surface area contributed by atoms with E-state index in [1.54, 1.807) is 12.3 Å². The lowest BCUT2D eigenvalue weighted by Crippen LogP contribution is -2.16. The van der Waals surface area contributed by atoms with Crippen molar-refractivity contribution in [1.29, 1.82) is 0 Å². The van der Waals surface area contributed by atoms with Gasteiger partial charge in [-0.1, -0.05) is 41.7 Å². The first-order valence-electron chi connectivity index (χ1n) is 9.73. The highest BCUT2D eigenvalue weighted by molar-refractivity contribution is 7.10. The van der Waals surface area contributed by atoms with Crippen LogP contribution in [-0.4, -0.2) is 29.1 Å². The molecule has 2 heterocycles. The molecule has 1 aromatic heterocycles. The van der Waals surface area contributed by atoms with Crippen molar-refractivity contribution >= 4 is 34.9 Å². The largest absolute Gasteiger partial charge is 0.493 e. The van der Waals surface area contributed by atoms with Crippen LogP contribution in [0, 0.1) is 0 Å². The van der Waals surface area contributed by atoms with Gasteiger partial charge >= 0.3 is 4.87 Å². The minimum atomic E-state index is -0.214. The normalized spacial score (nSPS) is 13.7. The molecule has 0 spiro atoms. The van der Waals surface area contributed by atoms with Gasteiger partial charge in [0.1, 0.15) is 12.4 Å². The van der Waals surface area contributed by atoms with Gasteiger partial charge < -0.3 is 14.6 Å². The van der Waals surface area contributed by atoms with Gasteiger partial charge in [-0.3, -0.25) is 14.4 Å². The van der Waals surface area contributed by atoms with Crippen LogP contribution < -0.4 is 9.61 Å². The van der Waals surface area contributed by atoms with Gasteiger partial charge in [-0.2, -0.15) is 0 Å². The van der Waals surface area contributed by atoms with E-state index in [4.69, 9.17) is 9.47 Å². The number of benzene rings is 2. The molecule has 154 valence electrons. The molecule has 0 unspecified atom stereocenters. The summed E-state index contributed by atoms with van der Waals surface area (Å²) in [4.78, 5) is 16.9. The Morgan fingerprint density at radius 2 is 2.03 bits per heavy atom. The van der Waals surface area contributed by atoms with E-state index in [1.165, 1.54) is 4.57 Å². The number of aliphatic imine (C=N–C) groups is 1. The van der Waals surface area contributed by atoms with Crippen LogP contribution in [0.1, 0.15) is 22.9 Å². The molecule has 30 heavy (non-hydrogen) atoms. The van der Waals surface area contributed by atoms with Crippen molar-refractivity contribution in [1.82, 2.24) is 4.57 Å². The molecule has 1 aliphatic rings. The van der Waals surface area contributed by atoms with Gasteiger partial charge in [0, 0.05) is 24.0 Å². The third-order valence-electron chi connectivity index (χ3n) is 4.71. The minimum Gasteiger partial charge on any atom is -0.493 e. The van der Waals surface area contributed by atoms with Gasteiger partial charge in [0.2, 0.25) is 5.88 Å². The number of fused-ring (bicyclic) bond motifs is 1. The molecule has 0 radical (unpaired) electrons. The fourth-order valence-corrected chi connectivity index (χ4v) is 4.02. The summed E-state index contributed by atoms with van der Waals surface area (Å²) in [6.45, 7) is 3.63. The summed E-state index contributed by atoms with van der Waals surface area (Å²) in [6, 6.07) is 15.7. The van der Waals surface area contributed by atoms with E-state index < -0.39 is 0 Å². The van der Waals surface area contributed by atoms with Crippen LogP contribution in [0.4, 0.5) is 5.69 Å². The summed E-state index contributed by atoms with van der Waals surface area (Å²) < 4.78 is 12.5. The van der Waals surface area contributed by atoms with Crippen molar-refractivity contribution in [2.75, 3.05) is 13.2 Å². The highest BCUT2D eigenvalue weighted by Crippen LogP contribution is 2.37. The lowest BCUT2D eigenvalue weighted by atomic mass is 10.1. The van der Waals surface area contributed by atoms with Gasteiger partial charge in [0.15, 0.2) is 0 Å². The Morgan fingerprint density at radius 3 is 2.83 bits per heavy atom. The van der Waals surface area contributed by atoms with Crippen LogP contribution in [0.3, 0.4) is 0 Å². The first-order chi connectivity index (χ1) is 14.7. The summed E-state index contributed by atoms with van der Waals surface area (Å²) in [7, 11) is 0. The molecule has 0 aliphatic carbocycles. The van der Waals surface area contributed by atoms with Crippen LogP contribution in [0.5, 0.6) is 11.6 Å². The molecule has 6 nitrogen and oxygen atoms in total. The van der Waals surface area contributed by atoms with Crippen LogP contribution >= 0.6 is 11.3 Å². The monoisotopic (exact) mass is 422 g/mol. The van der Waals surface area contributed by atoms with E-state index in [2.05, 4.69) is 4.99 Å². The number of ether oxygens (including phenoxy) is 2. The molecule has 7 heteroatoms. The van der Waals surface area contributed by atoms with Crippen molar-refractivity contribution < 1.29 is 14.6 Å². The van der Waals surface area contributed by atoms with E-state index in [1.807, 2.05) is 55.5 Å². The maximum absolute atomic E-state index is 12.2. The third-order valence-corrected chi connectivity index (χ3v) is 5.63. The van der Waals surface area contributed by atoms with Gasteiger partial charge in [0.25, 0.3) is 0 Å². The van der Waals surface area contributed by atoms with Crippen LogP contribution in [-0.2, 0) is 17.9 Å². The molecule has 0 saturated heterocycles. The predicted molar refractivity (Wildman–Crippen MR) is 120 cm³/mol. The summed E-state index contributed by atoms with van der Waals surface area (Å²) in [5, 5.41) is 10.5. The first-order valence-corrected chi connectivity index (χ1v) is 10.5. The van der Waals surface area contributed by atoms with Crippen molar-refractivity contribution in [2.24, 2.45) is 4.99 Å². The molecule has 2 aromatic carbocycles. The molecule has 1 N–H and O–H groups in total. The van der Waals surface area contributed by atoms with E-state index in [0.29, 0.717) is 31.2 Å². The van der Waals surface area contributed by atoms with Crippen molar-refractivity contribution in [3.8, 4) is 11.6 Å². The van der Waals surface area contributed by atoms with Crippen LogP contribution in [0.2, 0.25) is 0 Å². The number of hydrogen-bond acceptors (Lipinski definition) is 6. The number of thiazole rings is 1. The number of allylic oxidation sites excluding steroid dienone is 1. The number of aromatic hydroxyl groups is 1. The Morgan fingerprint density at radius 1 is 1.20 bits per heavy atom. The summed E-state index contributed by atoms with van der Waals surface area (Å²) in [6.07, 6.45) is 3.52. The number of nitrogens with zero attached hydrogens (tertiary/aromatic N) is 2. The molecule has 1 aliphatic heterocycles. The van der Waals surface area contributed by atoms with Crippen LogP contribution in [0.15, 0.2) is 58.3 Å². The SMILES string of the molecule is CCOCCn1c(O)c(C=C2C=Nc3ccc(OCc4ccccc4)cc32)sc1=O. The van der Waals surface area contributed by atoms with Gasteiger partial charge in [-0.05, 0) is 36.8 Å². The second-order valence-electron chi connectivity index (χ2n) is 6.72. The Kier molecular flexibility index (Phi) is 6.11. The molecule has 4 rings (SSSR count). The van der Waals surface area contributed by atoms with Gasteiger partial charge in [0.05, 0.1) is 23.7 Å². The van der Waals surface area contributed by atoms with E-state index >= 15 is 0 Å². The second kappa shape index (κ2) is 9.11. The highest BCUT2D eigenvalue weighted by Gasteiger charge is 2.17. The number of aromatic nitrogens is 1. The molecule has 0 amide bonds. The third kappa shape index (κ3) is 4.37. The predicted octanol–water partition coefficient (Wildman–Crippen LogP) is 4.49. The summed E-state index contributed by atoms with van der Waals surface area (Å²) in [5.74, 6) is 0.691. The highest BCUT2D eigenvalue weighted by atomic mass is 32.1. The molecule has 0 atom stereocenters. The van der Waals surface area contributed by atoms with Crippen molar-refractivity contribution in [3.63, 3.8) is 0 Å². The Hall–Kier alpha value is -3.16. The fraction of sp³-hybridized carbons (Fsp3) is 0.217. The zero-order valence-corrected chi connectivity index (χ0v) is 17.4. The fourth-order valence-electron chi connectivity index (χ4n) is 3.16. The zero-order chi connectivity index (χ0) is 20.9. The summed E-state index contributed by atoms with van der Waals surface area (Å²) in [5.41, 5.74) is 3.65. The van der Waals surface area contributed by atoms with E-state index in [9.17, 15) is 9.90 Å². The number of hydrogen-bond donors (Lipinski definition) is 1. The summed E-state index contributed by atoms with van der Waals surface area (Å²) >= 11 is 1.00. The average Bonchev–Trinajstić information content (AvgIpc) is 3.28. The quantitative estimate of drug-likeness (QED) is 0.543. The van der Waals surface area contributed by atoms with E-state index in [-0.39, 0.29) is 10.8 Å². The smallest absolute Gasteiger partial charge is 0.310 e. The van der Waals surface area contributed by atoms with Gasteiger partial charge in [-0.25, -0.2) is 0 Å². The van der Waals surface area contributed by atoms with Crippen LogP contribution in [0.25, 0.3) is 11.6 Å². The molecule has 3 aromatic rings. The zero-order valence-electron chi connectivity index (χ0n) is 16.6. The van der Waals surface area contributed by atoms with Crippen molar-refractivity contribution in [2.45, 2.75) is 20.1 Å². The Balaban J connectivity index is 1.55. The lowest BCUT2D eigenvalue weighted by molar-refractivity contribution is 0.136. The maximum atomic E-state index is 12.2. The Labute approximate surface area is 178 Å².